The third kappa shape index (κ3) is 8.16. The van der Waals surface area contributed by atoms with E-state index in [0.29, 0.717) is 11.1 Å². The second-order valence-corrected chi connectivity index (χ2v) is 12.6. The van der Waals surface area contributed by atoms with Gasteiger partial charge in [0.25, 0.3) is 0 Å². The lowest BCUT2D eigenvalue weighted by molar-refractivity contribution is -0.133. The second kappa shape index (κ2) is 12.9. The standard InChI is InChI=1S/C32H42N2O7/c1-31(2,3)21-17-20(18-22(28(21)38)32(4,5)6)27(37)26-29-23(40-24(35)13-14-25(36)41-29)19-33-30(26)39-16-12-10-9-11-15-34(7)8/h13-14,17-19,38H,9-12,15-16H2,1-8H3/b14-13+. The van der Waals surface area contributed by atoms with E-state index in [4.69, 9.17) is 14.2 Å². The van der Waals surface area contributed by atoms with Crippen molar-refractivity contribution in [2.45, 2.75) is 78.1 Å². The summed E-state index contributed by atoms with van der Waals surface area (Å²) in [6.45, 7) is 13.0. The van der Waals surface area contributed by atoms with E-state index in [9.17, 15) is 19.5 Å². The molecule has 2 heterocycles. The molecule has 9 nitrogen and oxygen atoms in total. The van der Waals surface area contributed by atoms with Crippen LogP contribution in [0.3, 0.4) is 0 Å². The average molecular weight is 567 g/mol. The van der Waals surface area contributed by atoms with Crippen LogP contribution in [0.25, 0.3) is 0 Å². The lowest BCUT2D eigenvalue weighted by Crippen LogP contribution is -2.21. The van der Waals surface area contributed by atoms with Crippen molar-refractivity contribution in [2.75, 3.05) is 27.2 Å². The maximum absolute atomic E-state index is 14.3. The molecule has 0 bridgehead atoms. The quantitative estimate of drug-likeness (QED) is 0.226. The first kappa shape index (κ1) is 31.8. The molecule has 0 spiro atoms. The Bertz CT molecular complexity index is 1300. The SMILES string of the molecule is CN(C)CCCCCCOc1ncc2c(c1C(=O)c1cc(C(C)(C)C)c(O)c(C(C)(C)C)c1)OC(=O)/C=C/C(=O)O2. The Morgan fingerprint density at radius 2 is 1.46 bits per heavy atom. The number of phenols is 1. The number of aromatic hydroxyl groups is 1. The molecule has 0 aliphatic carbocycles. The summed E-state index contributed by atoms with van der Waals surface area (Å²) in [5.74, 6) is -2.50. The minimum absolute atomic E-state index is 0.0295. The summed E-state index contributed by atoms with van der Waals surface area (Å²) in [7, 11) is 4.08. The summed E-state index contributed by atoms with van der Waals surface area (Å²) in [4.78, 5) is 45.4. The normalized spacial score (nSPS) is 14.6. The van der Waals surface area contributed by atoms with Crippen LogP contribution in [0.2, 0.25) is 0 Å². The molecule has 1 aromatic heterocycles. The van der Waals surface area contributed by atoms with E-state index in [-0.39, 0.29) is 40.9 Å². The molecule has 1 N–H and O–H groups in total. The summed E-state index contributed by atoms with van der Waals surface area (Å²) in [6, 6.07) is 3.27. The van der Waals surface area contributed by atoms with Crippen molar-refractivity contribution in [1.82, 2.24) is 9.88 Å². The fraction of sp³-hybridized carbons (Fsp3) is 0.500. The number of carbonyl (C=O) groups is 3. The van der Waals surface area contributed by atoms with Gasteiger partial charge in [0.1, 0.15) is 11.3 Å². The number of aromatic nitrogens is 1. The van der Waals surface area contributed by atoms with E-state index in [1.807, 2.05) is 55.6 Å². The maximum atomic E-state index is 14.3. The summed E-state index contributed by atoms with van der Waals surface area (Å²) in [5, 5.41) is 11.2. The van der Waals surface area contributed by atoms with Crippen molar-refractivity contribution in [1.29, 1.82) is 0 Å². The molecular formula is C32H42N2O7. The van der Waals surface area contributed by atoms with Crippen LogP contribution in [0.15, 0.2) is 30.5 Å². The van der Waals surface area contributed by atoms with E-state index < -0.39 is 28.6 Å². The van der Waals surface area contributed by atoms with E-state index in [1.165, 1.54) is 6.20 Å². The van der Waals surface area contributed by atoms with Gasteiger partial charge in [0.2, 0.25) is 11.7 Å². The molecular weight excluding hydrogens is 524 g/mol. The molecule has 0 saturated heterocycles. The van der Waals surface area contributed by atoms with Crippen molar-refractivity contribution >= 4 is 17.7 Å². The van der Waals surface area contributed by atoms with Gasteiger partial charge in [-0.2, -0.15) is 0 Å². The highest BCUT2D eigenvalue weighted by molar-refractivity contribution is 6.14. The molecule has 9 heteroatoms. The van der Waals surface area contributed by atoms with Gasteiger partial charge in [0, 0.05) is 28.8 Å². The molecule has 0 atom stereocenters. The van der Waals surface area contributed by atoms with Crippen LogP contribution in [0, 0.1) is 0 Å². The van der Waals surface area contributed by atoms with E-state index in [2.05, 4.69) is 9.88 Å². The van der Waals surface area contributed by atoms with Crippen LogP contribution in [-0.4, -0.2) is 60.0 Å². The third-order valence-electron chi connectivity index (χ3n) is 6.69. The van der Waals surface area contributed by atoms with Crippen molar-refractivity contribution in [3.8, 4) is 23.1 Å². The number of carbonyl (C=O) groups excluding carboxylic acids is 3. The number of benzene rings is 1. The predicted octanol–water partition coefficient (Wildman–Crippen LogP) is 5.49. The van der Waals surface area contributed by atoms with Gasteiger partial charge in [0.05, 0.1) is 12.8 Å². The van der Waals surface area contributed by atoms with Crippen LogP contribution in [-0.2, 0) is 20.4 Å². The summed E-state index contributed by atoms with van der Waals surface area (Å²) in [6.07, 6.45) is 6.85. The Hall–Kier alpha value is -3.72. The van der Waals surface area contributed by atoms with Gasteiger partial charge in [-0.15, -0.1) is 0 Å². The molecule has 0 radical (unpaired) electrons. The fourth-order valence-electron chi connectivity index (χ4n) is 4.46. The second-order valence-electron chi connectivity index (χ2n) is 12.6. The number of hydrogen-bond donors (Lipinski definition) is 1. The first-order valence-electron chi connectivity index (χ1n) is 13.9. The maximum Gasteiger partial charge on any atom is 0.336 e. The topological polar surface area (TPSA) is 115 Å². The predicted molar refractivity (Wildman–Crippen MR) is 156 cm³/mol. The Labute approximate surface area is 242 Å². The lowest BCUT2D eigenvalue weighted by Gasteiger charge is -2.28. The molecule has 0 fully saturated rings. The molecule has 0 saturated carbocycles. The smallest absolute Gasteiger partial charge is 0.336 e. The molecule has 41 heavy (non-hydrogen) atoms. The molecule has 3 rings (SSSR count). The molecule has 1 aliphatic rings. The highest BCUT2D eigenvalue weighted by atomic mass is 16.6. The van der Waals surface area contributed by atoms with Gasteiger partial charge in [-0.25, -0.2) is 14.6 Å². The third-order valence-corrected chi connectivity index (χ3v) is 6.69. The zero-order valence-electron chi connectivity index (χ0n) is 25.4. The minimum atomic E-state index is -0.841. The summed E-state index contributed by atoms with van der Waals surface area (Å²) >= 11 is 0. The largest absolute Gasteiger partial charge is 0.507 e. The number of nitrogens with zero attached hydrogens (tertiary/aromatic N) is 2. The highest BCUT2D eigenvalue weighted by Gasteiger charge is 2.33. The number of ether oxygens (including phenoxy) is 3. The van der Waals surface area contributed by atoms with Gasteiger partial charge in [0.15, 0.2) is 11.5 Å². The highest BCUT2D eigenvalue weighted by Crippen LogP contribution is 2.43. The summed E-state index contributed by atoms with van der Waals surface area (Å²) in [5.41, 5.74) is 0.336. The number of hydrogen-bond acceptors (Lipinski definition) is 9. The fourth-order valence-corrected chi connectivity index (χ4v) is 4.46. The van der Waals surface area contributed by atoms with Crippen LogP contribution >= 0.6 is 0 Å². The first-order valence-corrected chi connectivity index (χ1v) is 13.9. The number of ketones is 1. The Morgan fingerprint density at radius 1 is 0.902 bits per heavy atom. The number of phenolic OH excluding ortho intramolecular Hbond substituents is 1. The van der Waals surface area contributed by atoms with Gasteiger partial charge >= 0.3 is 11.9 Å². The first-order chi connectivity index (χ1) is 19.1. The number of esters is 2. The molecule has 1 aromatic carbocycles. The molecule has 1 aliphatic heterocycles. The van der Waals surface area contributed by atoms with Crippen molar-refractivity contribution < 1.29 is 33.7 Å². The Kier molecular flexibility index (Phi) is 9.97. The molecule has 0 unspecified atom stereocenters. The number of pyridine rings is 1. The van der Waals surface area contributed by atoms with E-state index in [0.717, 1.165) is 44.4 Å². The molecule has 2 aromatic rings. The van der Waals surface area contributed by atoms with Crippen LogP contribution in [0.1, 0.15) is 94.3 Å². The van der Waals surface area contributed by atoms with Crippen molar-refractivity contribution in [3.05, 3.63) is 52.7 Å². The molecule has 222 valence electrons. The van der Waals surface area contributed by atoms with Crippen LogP contribution in [0.5, 0.6) is 23.1 Å². The summed E-state index contributed by atoms with van der Waals surface area (Å²) < 4.78 is 16.8. The van der Waals surface area contributed by atoms with Crippen molar-refractivity contribution in [3.63, 3.8) is 0 Å². The number of unbranched alkanes of at least 4 members (excludes halogenated alkanes) is 3. The zero-order valence-corrected chi connectivity index (χ0v) is 25.4. The minimum Gasteiger partial charge on any atom is -0.507 e. The van der Waals surface area contributed by atoms with Crippen LogP contribution in [0.4, 0.5) is 0 Å². The van der Waals surface area contributed by atoms with E-state index in [1.54, 1.807) is 12.1 Å². The van der Waals surface area contributed by atoms with Gasteiger partial charge in [-0.3, -0.25) is 4.79 Å². The average Bonchev–Trinajstić information content (AvgIpc) is 2.85. The number of fused-ring (bicyclic) bond motifs is 1. The monoisotopic (exact) mass is 566 g/mol. The lowest BCUT2D eigenvalue weighted by atomic mass is 9.77. The van der Waals surface area contributed by atoms with Gasteiger partial charge in [-0.05, 0) is 56.4 Å². The van der Waals surface area contributed by atoms with Gasteiger partial charge in [-0.1, -0.05) is 54.4 Å². The Balaban J connectivity index is 2.09. The Morgan fingerprint density at radius 3 is 2.02 bits per heavy atom. The van der Waals surface area contributed by atoms with Crippen LogP contribution < -0.4 is 14.2 Å². The number of rotatable bonds is 10. The molecule has 0 amide bonds. The van der Waals surface area contributed by atoms with Gasteiger partial charge < -0.3 is 24.2 Å². The van der Waals surface area contributed by atoms with Crippen molar-refractivity contribution in [2.24, 2.45) is 0 Å². The zero-order chi connectivity index (χ0) is 30.5. The van der Waals surface area contributed by atoms with E-state index >= 15 is 0 Å².